The smallest absolute Gasteiger partial charge is 0.0864 e. The molecule has 0 aromatic heterocycles. The highest BCUT2D eigenvalue weighted by Crippen LogP contribution is 2.19. The Balaban J connectivity index is 3.54. The van der Waals surface area contributed by atoms with E-state index in [0.29, 0.717) is 24.4 Å². The number of hydrogen-bond acceptors (Lipinski definition) is 4. The molecule has 0 heterocycles. The van der Waals surface area contributed by atoms with Crippen LogP contribution in [-0.2, 0) is 9.47 Å². The molecular formula is C12H26O3S. The van der Waals surface area contributed by atoms with Crippen molar-refractivity contribution in [3.63, 3.8) is 0 Å². The van der Waals surface area contributed by atoms with Crippen molar-refractivity contribution in [2.45, 2.75) is 45.2 Å². The molecule has 0 fully saturated rings. The SMILES string of the molecule is COCC(C)OCC(O)CSC(C)C(C)C. The second kappa shape index (κ2) is 9.28. The van der Waals surface area contributed by atoms with Crippen LogP contribution in [0.3, 0.4) is 0 Å². The summed E-state index contributed by atoms with van der Waals surface area (Å²) in [6.07, 6.45) is -0.335. The average molecular weight is 250 g/mol. The van der Waals surface area contributed by atoms with Crippen LogP contribution in [0.4, 0.5) is 0 Å². The lowest BCUT2D eigenvalue weighted by Gasteiger charge is -2.19. The van der Waals surface area contributed by atoms with Crippen molar-refractivity contribution in [2.75, 3.05) is 26.1 Å². The second-order valence-corrected chi connectivity index (χ2v) is 5.95. The topological polar surface area (TPSA) is 38.7 Å². The third kappa shape index (κ3) is 8.39. The molecule has 4 heteroatoms. The average Bonchev–Trinajstić information content (AvgIpc) is 2.23. The van der Waals surface area contributed by atoms with Gasteiger partial charge in [-0.15, -0.1) is 0 Å². The van der Waals surface area contributed by atoms with E-state index in [9.17, 15) is 5.11 Å². The predicted molar refractivity (Wildman–Crippen MR) is 70.1 cm³/mol. The van der Waals surface area contributed by atoms with Gasteiger partial charge in [0.15, 0.2) is 0 Å². The number of aliphatic hydroxyl groups is 1. The summed E-state index contributed by atoms with van der Waals surface area (Å²) in [7, 11) is 1.65. The maximum atomic E-state index is 9.71. The summed E-state index contributed by atoms with van der Waals surface area (Å²) in [5.41, 5.74) is 0. The maximum absolute atomic E-state index is 9.71. The van der Waals surface area contributed by atoms with Gasteiger partial charge in [0, 0.05) is 18.1 Å². The van der Waals surface area contributed by atoms with E-state index in [1.807, 2.05) is 6.92 Å². The highest BCUT2D eigenvalue weighted by atomic mass is 32.2. The number of rotatable bonds is 9. The Morgan fingerprint density at radius 1 is 1.12 bits per heavy atom. The molecule has 0 saturated heterocycles. The van der Waals surface area contributed by atoms with Gasteiger partial charge in [-0.3, -0.25) is 0 Å². The van der Waals surface area contributed by atoms with Gasteiger partial charge in [-0.05, 0) is 12.8 Å². The minimum atomic E-state index is -0.384. The van der Waals surface area contributed by atoms with Crippen molar-refractivity contribution in [3.8, 4) is 0 Å². The summed E-state index contributed by atoms with van der Waals surface area (Å²) < 4.78 is 10.4. The number of aliphatic hydroxyl groups excluding tert-OH is 1. The molecule has 98 valence electrons. The second-order valence-electron chi connectivity index (χ2n) is 4.54. The lowest BCUT2D eigenvalue weighted by atomic mass is 10.2. The van der Waals surface area contributed by atoms with Crippen LogP contribution in [0.15, 0.2) is 0 Å². The van der Waals surface area contributed by atoms with Gasteiger partial charge in [-0.2, -0.15) is 11.8 Å². The third-order valence-electron chi connectivity index (χ3n) is 2.46. The zero-order valence-electron chi connectivity index (χ0n) is 11.1. The van der Waals surface area contributed by atoms with Gasteiger partial charge in [0.2, 0.25) is 0 Å². The van der Waals surface area contributed by atoms with Crippen LogP contribution in [0.25, 0.3) is 0 Å². The normalized spacial score (nSPS) is 17.4. The Kier molecular flexibility index (Phi) is 9.41. The Morgan fingerprint density at radius 3 is 2.25 bits per heavy atom. The lowest BCUT2D eigenvalue weighted by Crippen LogP contribution is -2.25. The first kappa shape index (κ1) is 16.2. The quantitative estimate of drug-likeness (QED) is 0.681. The summed E-state index contributed by atoms with van der Waals surface area (Å²) in [5.74, 6) is 1.38. The first-order valence-corrected chi connectivity index (χ1v) is 6.92. The molecule has 3 nitrogen and oxygen atoms in total. The fraction of sp³-hybridized carbons (Fsp3) is 1.00. The number of methoxy groups -OCH3 is 1. The van der Waals surface area contributed by atoms with Crippen LogP contribution < -0.4 is 0 Å². The van der Waals surface area contributed by atoms with Crippen LogP contribution >= 0.6 is 11.8 Å². The molecule has 0 amide bonds. The highest BCUT2D eigenvalue weighted by Gasteiger charge is 2.12. The highest BCUT2D eigenvalue weighted by molar-refractivity contribution is 7.99. The molecule has 16 heavy (non-hydrogen) atoms. The molecule has 3 atom stereocenters. The van der Waals surface area contributed by atoms with Crippen molar-refractivity contribution < 1.29 is 14.6 Å². The first-order valence-electron chi connectivity index (χ1n) is 5.87. The summed E-state index contributed by atoms with van der Waals surface area (Å²) in [6, 6.07) is 0. The fourth-order valence-electron chi connectivity index (χ4n) is 1.06. The van der Waals surface area contributed by atoms with E-state index in [0.717, 1.165) is 5.75 Å². The molecular weight excluding hydrogens is 224 g/mol. The van der Waals surface area contributed by atoms with E-state index >= 15 is 0 Å². The van der Waals surface area contributed by atoms with Crippen molar-refractivity contribution in [1.82, 2.24) is 0 Å². The molecule has 0 aliphatic heterocycles. The summed E-state index contributed by atoms with van der Waals surface area (Å²) in [5, 5.41) is 10.3. The molecule has 0 radical (unpaired) electrons. The van der Waals surface area contributed by atoms with Crippen LogP contribution in [0.5, 0.6) is 0 Å². The molecule has 0 rings (SSSR count). The fourth-order valence-corrected chi connectivity index (χ4v) is 2.07. The van der Waals surface area contributed by atoms with E-state index in [1.165, 1.54) is 0 Å². The molecule has 0 saturated carbocycles. The molecule has 0 aromatic rings. The van der Waals surface area contributed by atoms with Crippen LogP contribution in [0.2, 0.25) is 0 Å². The van der Waals surface area contributed by atoms with Gasteiger partial charge in [0.25, 0.3) is 0 Å². The predicted octanol–water partition coefficient (Wildman–Crippen LogP) is 2.18. The standard InChI is InChI=1S/C12H26O3S/c1-9(2)11(4)16-8-12(13)7-15-10(3)6-14-5/h9-13H,6-8H2,1-5H3. The van der Waals surface area contributed by atoms with Gasteiger partial charge in [0.1, 0.15) is 0 Å². The van der Waals surface area contributed by atoms with Crippen molar-refractivity contribution in [1.29, 1.82) is 0 Å². The zero-order chi connectivity index (χ0) is 12.6. The summed E-state index contributed by atoms with van der Waals surface area (Å²) in [6.45, 7) is 9.49. The number of hydrogen-bond donors (Lipinski definition) is 1. The molecule has 0 aliphatic rings. The Labute approximate surface area is 104 Å². The Morgan fingerprint density at radius 2 is 1.75 bits per heavy atom. The minimum Gasteiger partial charge on any atom is -0.390 e. The maximum Gasteiger partial charge on any atom is 0.0864 e. The molecule has 0 spiro atoms. The van der Waals surface area contributed by atoms with Crippen molar-refractivity contribution >= 4 is 11.8 Å². The Bertz CT molecular complexity index is 164. The van der Waals surface area contributed by atoms with Gasteiger partial charge in [0.05, 0.1) is 25.4 Å². The van der Waals surface area contributed by atoms with E-state index in [-0.39, 0.29) is 12.2 Å². The van der Waals surface area contributed by atoms with Crippen LogP contribution in [-0.4, -0.2) is 48.6 Å². The minimum absolute atomic E-state index is 0.0483. The van der Waals surface area contributed by atoms with Gasteiger partial charge in [-0.25, -0.2) is 0 Å². The van der Waals surface area contributed by atoms with Gasteiger partial charge in [-0.1, -0.05) is 20.8 Å². The van der Waals surface area contributed by atoms with Crippen LogP contribution in [0.1, 0.15) is 27.7 Å². The van der Waals surface area contributed by atoms with E-state index in [1.54, 1.807) is 18.9 Å². The first-order chi connectivity index (χ1) is 7.47. The monoisotopic (exact) mass is 250 g/mol. The molecule has 0 bridgehead atoms. The molecule has 0 aliphatic carbocycles. The molecule has 0 aromatic carbocycles. The van der Waals surface area contributed by atoms with E-state index < -0.39 is 0 Å². The number of thioether (sulfide) groups is 1. The largest absolute Gasteiger partial charge is 0.390 e. The molecule has 3 unspecified atom stereocenters. The number of ether oxygens (including phenoxy) is 2. The van der Waals surface area contributed by atoms with Crippen LogP contribution in [0, 0.1) is 5.92 Å². The Hall–Kier alpha value is 0.230. The third-order valence-corrected chi connectivity index (χ3v) is 4.11. The summed E-state index contributed by atoms with van der Waals surface area (Å²) >= 11 is 1.80. The van der Waals surface area contributed by atoms with E-state index in [2.05, 4.69) is 20.8 Å². The van der Waals surface area contributed by atoms with Gasteiger partial charge < -0.3 is 14.6 Å². The van der Waals surface area contributed by atoms with Crippen molar-refractivity contribution in [3.05, 3.63) is 0 Å². The lowest BCUT2D eigenvalue weighted by molar-refractivity contribution is -0.0257. The van der Waals surface area contributed by atoms with E-state index in [4.69, 9.17) is 9.47 Å². The van der Waals surface area contributed by atoms with Crippen molar-refractivity contribution in [2.24, 2.45) is 5.92 Å². The zero-order valence-corrected chi connectivity index (χ0v) is 11.9. The van der Waals surface area contributed by atoms with Gasteiger partial charge >= 0.3 is 0 Å². The molecule has 1 N–H and O–H groups in total. The summed E-state index contributed by atoms with van der Waals surface area (Å²) in [4.78, 5) is 0.